The summed E-state index contributed by atoms with van der Waals surface area (Å²) < 4.78 is 13.2. The minimum Gasteiger partial charge on any atom is -0.497 e. The van der Waals surface area contributed by atoms with Crippen LogP contribution in [0.2, 0.25) is 0 Å². The molecule has 0 aliphatic carbocycles. The summed E-state index contributed by atoms with van der Waals surface area (Å²) in [4.78, 5) is 19.1. The van der Waals surface area contributed by atoms with Crippen LogP contribution in [0.4, 0.5) is 5.13 Å². The number of aryl methyl sites for hydroxylation is 1. The molecule has 0 spiro atoms. The number of rotatable bonds is 8. The Labute approximate surface area is 190 Å². The Bertz CT molecular complexity index is 1220. The van der Waals surface area contributed by atoms with E-state index in [0.717, 1.165) is 43.9 Å². The Balaban J connectivity index is 1.44. The lowest BCUT2D eigenvalue weighted by atomic mass is 10.2. The van der Waals surface area contributed by atoms with Gasteiger partial charge in [0.1, 0.15) is 11.5 Å². The lowest BCUT2D eigenvalue weighted by molar-refractivity contribution is -0.119. The zero-order valence-electron chi connectivity index (χ0n) is 18.5. The highest BCUT2D eigenvalue weighted by Gasteiger charge is 2.18. The van der Waals surface area contributed by atoms with Gasteiger partial charge in [-0.05, 0) is 48.9 Å². The molecule has 2 aromatic carbocycles. The zero-order valence-corrected chi connectivity index (χ0v) is 19.3. The van der Waals surface area contributed by atoms with Gasteiger partial charge in [0.25, 0.3) is 0 Å². The molecular formula is C23H25N5O3S. The van der Waals surface area contributed by atoms with Gasteiger partial charge in [0, 0.05) is 13.6 Å². The van der Waals surface area contributed by atoms with Crippen LogP contribution >= 0.6 is 11.3 Å². The summed E-state index contributed by atoms with van der Waals surface area (Å²) in [5.41, 5.74) is 3.59. The van der Waals surface area contributed by atoms with Crippen LogP contribution in [0.1, 0.15) is 11.3 Å². The number of hydrogen-bond donors (Lipinski definition) is 1. The molecule has 1 amide bonds. The average molecular weight is 452 g/mol. The molecule has 4 aromatic rings. The Kier molecular flexibility index (Phi) is 6.27. The van der Waals surface area contributed by atoms with Crippen molar-refractivity contribution in [3.05, 3.63) is 59.8 Å². The SMILES string of the molecule is COc1ccc(CNC(=O)CN(C)c2nc3c(s2)c(C)nn3-c2ccc(OC)cc2)cc1. The fourth-order valence-electron chi connectivity index (χ4n) is 3.27. The number of carbonyl (C=O) groups excluding carboxylic acids is 1. The number of anilines is 1. The van der Waals surface area contributed by atoms with Gasteiger partial charge >= 0.3 is 0 Å². The van der Waals surface area contributed by atoms with Crippen LogP contribution in [0.5, 0.6) is 11.5 Å². The van der Waals surface area contributed by atoms with Crippen LogP contribution in [0.3, 0.4) is 0 Å². The van der Waals surface area contributed by atoms with Gasteiger partial charge in [0.05, 0.1) is 36.8 Å². The fraction of sp³-hybridized carbons (Fsp3) is 0.261. The largest absolute Gasteiger partial charge is 0.497 e. The number of nitrogens with one attached hydrogen (secondary N) is 1. The van der Waals surface area contributed by atoms with Gasteiger partial charge in [0.15, 0.2) is 10.8 Å². The van der Waals surface area contributed by atoms with Crippen molar-refractivity contribution >= 4 is 32.7 Å². The third-order valence-electron chi connectivity index (χ3n) is 5.05. The maximum atomic E-state index is 12.5. The molecule has 0 aliphatic rings. The van der Waals surface area contributed by atoms with Crippen molar-refractivity contribution < 1.29 is 14.3 Å². The molecule has 0 radical (unpaired) electrons. The Morgan fingerprint density at radius 3 is 2.31 bits per heavy atom. The molecule has 0 aliphatic heterocycles. The van der Waals surface area contributed by atoms with Crippen molar-refractivity contribution in [1.82, 2.24) is 20.1 Å². The molecule has 4 rings (SSSR count). The van der Waals surface area contributed by atoms with E-state index >= 15 is 0 Å². The van der Waals surface area contributed by atoms with Crippen LogP contribution in [-0.4, -0.2) is 48.5 Å². The van der Waals surface area contributed by atoms with E-state index in [1.165, 1.54) is 11.3 Å². The second kappa shape index (κ2) is 9.27. The second-order valence-electron chi connectivity index (χ2n) is 7.33. The maximum Gasteiger partial charge on any atom is 0.239 e. The smallest absolute Gasteiger partial charge is 0.239 e. The highest BCUT2D eigenvalue weighted by molar-refractivity contribution is 7.22. The summed E-state index contributed by atoms with van der Waals surface area (Å²) in [5.74, 6) is 1.50. The van der Waals surface area contributed by atoms with E-state index in [2.05, 4.69) is 10.4 Å². The first-order chi connectivity index (χ1) is 15.5. The molecule has 0 fully saturated rings. The van der Waals surface area contributed by atoms with E-state index in [1.807, 2.05) is 72.1 Å². The normalized spacial score (nSPS) is 10.9. The molecule has 0 bridgehead atoms. The monoisotopic (exact) mass is 451 g/mol. The van der Waals surface area contributed by atoms with Gasteiger partial charge in [-0.1, -0.05) is 23.5 Å². The van der Waals surface area contributed by atoms with E-state index in [-0.39, 0.29) is 12.5 Å². The van der Waals surface area contributed by atoms with Crippen molar-refractivity contribution in [1.29, 1.82) is 0 Å². The van der Waals surface area contributed by atoms with E-state index in [1.54, 1.807) is 14.2 Å². The van der Waals surface area contributed by atoms with Crippen molar-refractivity contribution in [3.8, 4) is 17.2 Å². The summed E-state index contributed by atoms with van der Waals surface area (Å²) in [6.45, 7) is 2.63. The first-order valence-electron chi connectivity index (χ1n) is 10.1. The van der Waals surface area contributed by atoms with Gasteiger partial charge in [-0.25, -0.2) is 4.68 Å². The van der Waals surface area contributed by atoms with Gasteiger partial charge in [-0.3, -0.25) is 4.79 Å². The third kappa shape index (κ3) is 4.52. The number of benzene rings is 2. The molecule has 0 saturated carbocycles. The molecule has 32 heavy (non-hydrogen) atoms. The quantitative estimate of drug-likeness (QED) is 0.441. The summed E-state index contributed by atoms with van der Waals surface area (Å²) in [5, 5.41) is 8.35. The molecular weight excluding hydrogens is 426 g/mol. The lowest BCUT2D eigenvalue weighted by Crippen LogP contribution is -2.34. The third-order valence-corrected chi connectivity index (χ3v) is 6.32. The van der Waals surface area contributed by atoms with E-state index in [0.29, 0.717) is 6.54 Å². The van der Waals surface area contributed by atoms with Crippen molar-refractivity contribution in [2.75, 3.05) is 32.7 Å². The van der Waals surface area contributed by atoms with Gasteiger partial charge in [-0.2, -0.15) is 10.1 Å². The van der Waals surface area contributed by atoms with Crippen LogP contribution in [0, 0.1) is 6.92 Å². The number of methoxy groups -OCH3 is 2. The Hall–Kier alpha value is -3.59. The molecule has 0 unspecified atom stereocenters. The number of hydrogen-bond acceptors (Lipinski definition) is 7. The highest BCUT2D eigenvalue weighted by atomic mass is 32.1. The summed E-state index contributed by atoms with van der Waals surface area (Å²) in [6.07, 6.45) is 0. The summed E-state index contributed by atoms with van der Waals surface area (Å²) >= 11 is 1.53. The number of amides is 1. The van der Waals surface area contributed by atoms with Gasteiger partial charge in [0.2, 0.25) is 5.91 Å². The average Bonchev–Trinajstić information content (AvgIpc) is 3.39. The molecule has 0 saturated heterocycles. The summed E-state index contributed by atoms with van der Waals surface area (Å²) in [7, 11) is 5.14. The van der Waals surface area contributed by atoms with Crippen molar-refractivity contribution in [2.24, 2.45) is 0 Å². The van der Waals surface area contributed by atoms with E-state index < -0.39 is 0 Å². The van der Waals surface area contributed by atoms with Gasteiger partial charge < -0.3 is 19.7 Å². The minimum absolute atomic E-state index is 0.0731. The van der Waals surface area contributed by atoms with Crippen LogP contribution in [-0.2, 0) is 11.3 Å². The molecule has 1 N–H and O–H groups in total. The summed E-state index contributed by atoms with van der Waals surface area (Å²) in [6, 6.07) is 15.3. The van der Waals surface area contributed by atoms with Crippen LogP contribution < -0.4 is 19.7 Å². The molecule has 8 nitrogen and oxygen atoms in total. The Morgan fingerprint density at radius 2 is 1.69 bits per heavy atom. The zero-order chi connectivity index (χ0) is 22.7. The van der Waals surface area contributed by atoms with Crippen LogP contribution in [0.25, 0.3) is 16.0 Å². The number of fused-ring (bicyclic) bond motifs is 1. The van der Waals surface area contributed by atoms with Crippen molar-refractivity contribution in [3.63, 3.8) is 0 Å². The topological polar surface area (TPSA) is 81.5 Å². The second-order valence-corrected chi connectivity index (χ2v) is 8.30. The number of likely N-dealkylation sites (N-methyl/N-ethyl adjacent to an activating group) is 1. The predicted molar refractivity (Wildman–Crippen MR) is 126 cm³/mol. The minimum atomic E-state index is -0.0731. The number of nitrogens with zero attached hydrogens (tertiary/aromatic N) is 4. The standard InChI is InChI=1S/C23H25N5O3S/c1-15-21-22(28(26-15)17-7-11-19(31-4)12-8-17)25-23(32-21)27(2)14-20(29)24-13-16-5-9-18(30-3)10-6-16/h5-12H,13-14H2,1-4H3,(H,24,29). The number of carbonyl (C=O) groups is 1. The predicted octanol–water partition coefficient (Wildman–Crippen LogP) is 3.56. The molecule has 166 valence electrons. The van der Waals surface area contributed by atoms with Gasteiger partial charge in [-0.15, -0.1) is 0 Å². The van der Waals surface area contributed by atoms with Crippen molar-refractivity contribution in [2.45, 2.75) is 13.5 Å². The van der Waals surface area contributed by atoms with E-state index in [4.69, 9.17) is 14.5 Å². The molecule has 2 aromatic heterocycles. The lowest BCUT2D eigenvalue weighted by Gasteiger charge is -2.15. The molecule has 9 heteroatoms. The maximum absolute atomic E-state index is 12.5. The molecule has 0 atom stereocenters. The van der Waals surface area contributed by atoms with Crippen LogP contribution in [0.15, 0.2) is 48.5 Å². The molecule has 2 heterocycles. The fourth-order valence-corrected chi connectivity index (χ4v) is 4.22. The first kappa shape index (κ1) is 21.6. The number of ether oxygens (including phenoxy) is 2. The Morgan fingerprint density at radius 1 is 1.06 bits per heavy atom. The number of thiazole rings is 1. The van der Waals surface area contributed by atoms with E-state index in [9.17, 15) is 4.79 Å². The number of aromatic nitrogens is 3. The first-order valence-corrected chi connectivity index (χ1v) is 10.9. The highest BCUT2D eigenvalue weighted by Crippen LogP contribution is 2.32.